The number of nitrogens with one attached hydrogen (secondary N) is 1. The van der Waals surface area contributed by atoms with E-state index in [9.17, 15) is 26.4 Å². The zero-order chi connectivity index (χ0) is 20.9. The van der Waals surface area contributed by atoms with Gasteiger partial charge in [-0.2, -0.15) is 4.31 Å². The molecule has 1 aromatic rings. The molecule has 1 aliphatic rings. The number of carbonyl (C=O) groups is 2. The quantitative estimate of drug-likeness (QED) is 0.581. The highest BCUT2D eigenvalue weighted by atomic mass is 32.2. The minimum Gasteiger partial charge on any atom is -0.452 e. The van der Waals surface area contributed by atoms with Crippen LogP contribution in [0.15, 0.2) is 29.2 Å². The van der Waals surface area contributed by atoms with Gasteiger partial charge >= 0.3 is 5.97 Å². The average Bonchev–Trinajstić information content (AvgIpc) is 2.99. The first-order chi connectivity index (χ1) is 13.1. The molecule has 0 radical (unpaired) electrons. The van der Waals surface area contributed by atoms with E-state index in [4.69, 9.17) is 4.74 Å². The molecular weight excluding hydrogens is 408 g/mol. The maximum absolute atomic E-state index is 12.5. The number of hydrogen-bond acceptors (Lipinski definition) is 7. The first-order valence-corrected chi connectivity index (χ1v) is 12.1. The molecule has 1 atom stereocenters. The van der Waals surface area contributed by atoms with Crippen LogP contribution in [0.3, 0.4) is 0 Å². The number of benzene rings is 1. The fraction of sp³-hybridized carbons (Fsp3) is 0.529. The van der Waals surface area contributed by atoms with Crippen molar-refractivity contribution in [1.82, 2.24) is 9.62 Å². The fourth-order valence-corrected chi connectivity index (χ4v) is 6.07. The van der Waals surface area contributed by atoms with Crippen molar-refractivity contribution in [3.8, 4) is 0 Å². The number of rotatable bonds is 8. The van der Waals surface area contributed by atoms with E-state index in [2.05, 4.69) is 5.32 Å². The molecule has 1 saturated heterocycles. The average molecular weight is 433 g/mol. The smallest absolute Gasteiger partial charge is 0.338 e. The van der Waals surface area contributed by atoms with Gasteiger partial charge in [-0.25, -0.2) is 21.6 Å². The number of sulfonamides is 1. The van der Waals surface area contributed by atoms with E-state index in [0.29, 0.717) is 19.5 Å². The van der Waals surface area contributed by atoms with E-state index >= 15 is 0 Å². The van der Waals surface area contributed by atoms with Crippen LogP contribution in [-0.4, -0.2) is 70.3 Å². The van der Waals surface area contributed by atoms with Gasteiger partial charge in [0.1, 0.15) is 0 Å². The summed E-state index contributed by atoms with van der Waals surface area (Å²) in [6, 6.07) is 4.93. The number of esters is 1. The normalized spacial score (nSPS) is 18.8. The molecule has 1 unspecified atom stereocenters. The van der Waals surface area contributed by atoms with E-state index in [1.165, 1.54) is 28.6 Å². The summed E-state index contributed by atoms with van der Waals surface area (Å²) < 4.78 is 54.0. The lowest BCUT2D eigenvalue weighted by molar-refractivity contribution is -0.124. The number of ether oxygens (including phenoxy) is 1. The second-order valence-electron chi connectivity index (χ2n) is 6.36. The van der Waals surface area contributed by atoms with Crippen molar-refractivity contribution < 1.29 is 31.2 Å². The predicted molar refractivity (Wildman–Crippen MR) is 102 cm³/mol. The van der Waals surface area contributed by atoms with Crippen molar-refractivity contribution in [3.63, 3.8) is 0 Å². The van der Waals surface area contributed by atoms with E-state index in [0.717, 1.165) is 0 Å². The molecule has 11 heteroatoms. The zero-order valence-electron chi connectivity index (χ0n) is 15.8. The van der Waals surface area contributed by atoms with Gasteiger partial charge in [-0.15, -0.1) is 0 Å². The van der Waals surface area contributed by atoms with Gasteiger partial charge in [-0.05, 0) is 24.6 Å². The topological polar surface area (TPSA) is 127 Å². The van der Waals surface area contributed by atoms with Crippen LogP contribution >= 0.6 is 0 Å². The van der Waals surface area contributed by atoms with Gasteiger partial charge in [-0.3, -0.25) is 4.79 Å². The third-order valence-corrected chi connectivity index (χ3v) is 8.16. The second-order valence-corrected chi connectivity index (χ2v) is 10.5. The van der Waals surface area contributed by atoms with E-state index in [1.807, 2.05) is 0 Å². The largest absolute Gasteiger partial charge is 0.452 e. The van der Waals surface area contributed by atoms with Gasteiger partial charge in [0.15, 0.2) is 16.4 Å². The van der Waals surface area contributed by atoms with Crippen LogP contribution in [0.1, 0.15) is 30.6 Å². The molecule has 1 heterocycles. The first-order valence-electron chi connectivity index (χ1n) is 8.86. The van der Waals surface area contributed by atoms with Crippen LogP contribution in [0.25, 0.3) is 0 Å². The molecule has 1 N–H and O–H groups in total. The van der Waals surface area contributed by atoms with Crippen LogP contribution in [0.2, 0.25) is 0 Å². The van der Waals surface area contributed by atoms with Crippen LogP contribution in [0.5, 0.6) is 0 Å². The first kappa shape index (κ1) is 22.3. The molecule has 0 aromatic heterocycles. The Balaban J connectivity index is 1.98. The summed E-state index contributed by atoms with van der Waals surface area (Å²) in [6.45, 7) is 3.44. The van der Waals surface area contributed by atoms with Gasteiger partial charge in [0.2, 0.25) is 10.0 Å². The Kier molecular flexibility index (Phi) is 7.18. The molecule has 0 saturated carbocycles. The summed E-state index contributed by atoms with van der Waals surface area (Å²) in [4.78, 5) is 24.0. The second kappa shape index (κ2) is 9.01. The third-order valence-electron chi connectivity index (χ3n) is 4.34. The highest BCUT2D eigenvalue weighted by Crippen LogP contribution is 2.17. The molecule has 156 valence electrons. The van der Waals surface area contributed by atoms with E-state index in [1.54, 1.807) is 13.8 Å². The fourth-order valence-electron chi connectivity index (χ4n) is 2.89. The molecule has 1 amide bonds. The van der Waals surface area contributed by atoms with Crippen molar-refractivity contribution in [3.05, 3.63) is 29.8 Å². The minimum atomic E-state index is -3.73. The Morgan fingerprint density at radius 1 is 1.25 bits per heavy atom. The molecule has 1 fully saturated rings. The lowest BCUT2D eigenvalue weighted by Crippen LogP contribution is -2.38. The number of hydrogen-bond donors (Lipinski definition) is 1. The molecule has 0 aliphatic carbocycles. The highest BCUT2D eigenvalue weighted by molar-refractivity contribution is 7.91. The maximum Gasteiger partial charge on any atom is 0.338 e. The van der Waals surface area contributed by atoms with Crippen LogP contribution < -0.4 is 5.32 Å². The Morgan fingerprint density at radius 3 is 2.50 bits per heavy atom. The SMILES string of the molecule is CCN(CC)S(=O)(=O)c1cccc(C(=O)OCC(=O)NC2CCS(=O)(=O)C2)c1. The third kappa shape index (κ3) is 5.52. The van der Waals surface area contributed by atoms with E-state index in [-0.39, 0.29) is 22.0 Å². The van der Waals surface area contributed by atoms with Crippen molar-refractivity contribution in [2.75, 3.05) is 31.2 Å². The summed E-state index contributed by atoms with van der Waals surface area (Å²) >= 11 is 0. The summed E-state index contributed by atoms with van der Waals surface area (Å²) in [6.07, 6.45) is 0.327. The number of sulfone groups is 1. The van der Waals surface area contributed by atoms with Gasteiger partial charge < -0.3 is 10.1 Å². The van der Waals surface area contributed by atoms with Crippen molar-refractivity contribution in [1.29, 1.82) is 0 Å². The maximum atomic E-state index is 12.5. The van der Waals surface area contributed by atoms with Crippen LogP contribution in [-0.2, 0) is 29.4 Å². The lowest BCUT2D eigenvalue weighted by atomic mass is 10.2. The Bertz CT molecular complexity index is 938. The summed E-state index contributed by atoms with van der Waals surface area (Å²) in [5, 5.41) is 2.51. The predicted octanol–water partition coefficient (Wildman–Crippen LogP) is 0.177. The molecule has 1 aromatic carbocycles. The van der Waals surface area contributed by atoms with Crippen molar-refractivity contribution in [2.45, 2.75) is 31.2 Å². The number of nitrogens with zero attached hydrogens (tertiary/aromatic N) is 1. The molecule has 9 nitrogen and oxygen atoms in total. The highest BCUT2D eigenvalue weighted by Gasteiger charge is 2.29. The minimum absolute atomic E-state index is 0.00414. The van der Waals surface area contributed by atoms with Crippen LogP contribution in [0, 0.1) is 0 Å². The van der Waals surface area contributed by atoms with Gasteiger partial charge in [-0.1, -0.05) is 19.9 Å². The molecule has 28 heavy (non-hydrogen) atoms. The molecule has 0 spiro atoms. The monoisotopic (exact) mass is 432 g/mol. The molecule has 1 aliphatic heterocycles. The standard InChI is InChI=1S/C17H24N2O7S2/c1-3-19(4-2)28(24,25)15-7-5-6-13(10-15)17(21)26-11-16(20)18-14-8-9-27(22,23)12-14/h5-7,10,14H,3-4,8-9,11-12H2,1-2H3,(H,18,20). The summed E-state index contributed by atoms with van der Waals surface area (Å²) in [5.74, 6) is -1.56. The van der Waals surface area contributed by atoms with Crippen molar-refractivity contribution in [2.24, 2.45) is 0 Å². The Labute approximate surface area is 165 Å². The molecule has 2 rings (SSSR count). The van der Waals surface area contributed by atoms with E-state index < -0.39 is 44.4 Å². The lowest BCUT2D eigenvalue weighted by Gasteiger charge is -2.18. The number of carbonyl (C=O) groups excluding carboxylic acids is 2. The molecule has 0 bridgehead atoms. The number of amides is 1. The summed E-state index contributed by atoms with van der Waals surface area (Å²) in [5.41, 5.74) is 0.00414. The van der Waals surface area contributed by atoms with Crippen LogP contribution in [0.4, 0.5) is 0 Å². The van der Waals surface area contributed by atoms with Gasteiger partial charge in [0.25, 0.3) is 5.91 Å². The molecular formula is C17H24N2O7S2. The summed E-state index contributed by atoms with van der Waals surface area (Å²) in [7, 11) is -6.85. The zero-order valence-corrected chi connectivity index (χ0v) is 17.4. The Morgan fingerprint density at radius 2 is 1.93 bits per heavy atom. The van der Waals surface area contributed by atoms with Gasteiger partial charge in [0, 0.05) is 19.1 Å². The van der Waals surface area contributed by atoms with Crippen molar-refractivity contribution >= 4 is 31.7 Å². The Hall–Kier alpha value is -1.98. The van der Waals surface area contributed by atoms with Gasteiger partial charge in [0.05, 0.1) is 22.0 Å².